The Morgan fingerprint density at radius 2 is 1.65 bits per heavy atom. The van der Waals surface area contributed by atoms with Gasteiger partial charge in [-0.15, -0.1) is 0 Å². The maximum Gasteiger partial charge on any atom is 0.349 e. The van der Waals surface area contributed by atoms with Gasteiger partial charge < -0.3 is 5.73 Å². The Morgan fingerprint density at radius 3 is 2.30 bits per heavy atom. The Hall–Kier alpha value is -3.14. The Labute approximate surface area is 134 Å². The van der Waals surface area contributed by atoms with Crippen molar-refractivity contribution in [3.05, 3.63) is 94.5 Å². The van der Waals surface area contributed by atoms with Crippen LogP contribution >= 0.6 is 0 Å². The van der Waals surface area contributed by atoms with Gasteiger partial charge in [0.1, 0.15) is 5.82 Å². The van der Waals surface area contributed by atoms with Crippen LogP contribution in [0.25, 0.3) is 11.6 Å². The van der Waals surface area contributed by atoms with Crippen LogP contribution in [0.15, 0.2) is 77.7 Å². The molecular formula is C19H17N3O. The molecule has 2 aromatic carbocycles. The monoisotopic (exact) mass is 303 g/mol. The minimum absolute atomic E-state index is 0.236. The number of hydrogen-bond acceptors (Lipinski definition) is 3. The summed E-state index contributed by atoms with van der Waals surface area (Å²) in [5, 5.41) is 0. The molecule has 0 radical (unpaired) electrons. The first-order valence-corrected chi connectivity index (χ1v) is 7.36. The Balaban J connectivity index is 2.02. The van der Waals surface area contributed by atoms with Crippen LogP contribution in [0.1, 0.15) is 11.1 Å². The summed E-state index contributed by atoms with van der Waals surface area (Å²) in [6.45, 7) is 0.436. The van der Waals surface area contributed by atoms with E-state index in [9.17, 15) is 4.79 Å². The summed E-state index contributed by atoms with van der Waals surface area (Å²) in [7, 11) is 0. The lowest BCUT2D eigenvalue weighted by atomic mass is 10.0. The SMILES string of the molecule is Nc1ccn(C/C(=C\c2ccccc2)c2ccccc2)c(=O)n1. The van der Waals surface area contributed by atoms with E-state index >= 15 is 0 Å². The maximum absolute atomic E-state index is 12.0. The lowest BCUT2D eigenvalue weighted by Crippen LogP contribution is -2.23. The van der Waals surface area contributed by atoms with E-state index in [1.165, 1.54) is 0 Å². The van der Waals surface area contributed by atoms with Gasteiger partial charge in [-0.1, -0.05) is 60.7 Å². The molecule has 0 saturated heterocycles. The van der Waals surface area contributed by atoms with Crippen LogP contribution in [0, 0.1) is 0 Å². The Bertz CT molecular complexity index is 868. The van der Waals surface area contributed by atoms with Gasteiger partial charge in [0.2, 0.25) is 0 Å². The second-order valence-corrected chi connectivity index (χ2v) is 5.21. The van der Waals surface area contributed by atoms with Crippen molar-refractivity contribution in [1.29, 1.82) is 0 Å². The van der Waals surface area contributed by atoms with E-state index in [2.05, 4.69) is 11.1 Å². The molecule has 0 amide bonds. The molecule has 3 rings (SSSR count). The first-order chi connectivity index (χ1) is 11.2. The third-order valence-electron chi connectivity index (χ3n) is 3.52. The predicted octanol–water partition coefficient (Wildman–Crippen LogP) is 3.07. The van der Waals surface area contributed by atoms with Crippen molar-refractivity contribution < 1.29 is 0 Å². The molecule has 4 heteroatoms. The largest absolute Gasteiger partial charge is 0.383 e. The molecule has 1 aromatic heterocycles. The number of nitrogens with zero attached hydrogens (tertiary/aromatic N) is 2. The number of rotatable bonds is 4. The van der Waals surface area contributed by atoms with Gasteiger partial charge >= 0.3 is 5.69 Å². The summed E-state index contributed by atoms with van der Waals surface area (Å²) >= 11 is 0. The topological polar surface area (TPSA) is 60.9 Å². The van der Waals surface area contributed by atoms with Crippen molar-refractivity contribution >= 4 is 17.5 Å². The molecule has 0 unspecified atom stereocenters. The molecule has 0 bridgehead atoms. The van der Waals surface area contributed by atoms with Crippen molar-refractivity contribution in [3.8, 4) is 0 Å². The van der Waals surface area contributed by atoms with Gasteiger partial charge in [0.25, 0.3) is 0 Å². The van der Waals surface area contributed by atoms with Crippen molar-refractivity contribution in [2.45, 2.75) is 6.54 Å². The highest BCUT2D eigenvalue weighted by molar-refractivity contribution is 5.81. The van der Waals surface area contributed by atoms with E-state index in [1.54, 1.807) is 16.8 Å². The smallest absolute Gasteiger partial charge is 0.349 e. The van der Waals surface area contributed by atoms with Crippen LogP contribution in [-0.4, -0.2) is 9.55 Å². The zero-order chi connectivity index (χ0) is 16.1. The minimum atomic E-state index is -0.347. The van der Waals surface area contributed by atoms with Gasteiger partial charge in [0.05, 0.1) is 6.54 Å². The first-order valence-electron chi connectivity index (χ1n) is 7.36. The summed E-state index contributed by atoms with van der Waals surface area (Å²) in [6.07, 6.45) is 3.75. The van der Waals surface area contributed by atoms with Crippen molar-refractivity contribution in [2.75, 3.05) is 5.73 Å². The molecule has 3 aromatic rings. The number of allylic oxidation sites excluding steroid dienone is 1. The van der Waals surface area contributed by atoms with E-state index in [-0.39, 0.29) is 11.5 Å². The van der Waals surface area contributed by atoms with Crippen molar-refractivity contribution in [3.63, 3.8) is 0 Å². The molecule has 0 aliphatic heterocycles. The summed E-state index contributed by atoms with van der Waals surface area (Å²) in [4.78, 5) is 15.8. The molecule has 4 nitrogen and oxygen atoms in total. The number of aromatic nitrogens is 2. The standard InChI is InChI=1S/C19H17N3O/c20-18-11-12-22(19(23)21-18)14-17(16-9-5-2-6-10-16)13-15-7-3-1-4-8-15/h1-13H,14H2,(H2,20,21,23)/b17-13+. The Morgan fingerprint density at radius 1 is 1.00 bits per heavy atom. The van der Waals surface area contributed by atoms with Crippen LogP contribution in [-0.2, 0) is 6.54 Å². The van der Waals surface area contributed by atoms with Gasteiger partial charge in [-0.25, -0.2) is 4.79 Å². The van der Waals surface area contributed by atoms with Crippen LogP contribution in [0.2, 0.25) is 0 Å². The van der Waals surface area contributed by atoms with Gasteiger partial charge in [0.15, 0.2) is 0 Å². The van der Waals surface area contributed by atoms with E-state index < -0.39 is 0 Å². The van der Waals surface area contributed by atoms with E-state index in [0.717, 1.165) is 16.7 Å². The molecule has 0 atom stereocenters. The molecule has 114 valence electrons. The third-order valence-corrected chi connectivity index (χ3v) is 3.52. The number of nitrogens with two attached hydrogens (primary N) is 1. The fraction of sp³-hybridized carbons (Fsp3) is 0.0526. The lowest BCUT2D eigenvalue weighted by Gasteiger charge is -2.11. The van der Waals surface area contributed by atoms with E-state index in [4.69, 9.17) is 5.73 Å². The number of anilines is 1. The highest BCUT2D eigenvalue weighted by Gasteiger charge is 2.05. The predicted molar refractivity (Wildman–Crippen MR) is 93.7 cm³/mol. The zero-order valence-corrected chi connectivity index (χ0v) is 12.6. The van der Waals surface area contributed by atoms with Crippen molar-refractivity contribution in [2.24, 2.45) is 0 Å². The average molecular weight is 303 g/mol. The quantitative estimate of drug-likeness (QED) is 0.754. The van der Waals surface area contributed by atoms with Gasteiger partial charge in [0, 0.05) is 6.20 Å². The van der Waals surface area contributed by atoms with Crippen LogP contribution in [0.4, 0.5) is 5.82 Å². The molecule has 0 aliphatic carbocycles. The number of nitrogen functional groups attached to an aromatic ring is 1. The van der Waals surface area contributed by atoms with E-state index in [0.29, 0.717) is 6.54 Å². The maximum atomic E-state index is 12.0. The first kappa shape index (κ1) is 14.8. The van der Waals surface area contributed by atoms with Gasteiger partial charge in [-0.3, -0.25) is 4.57 Å². The van der Waals surface area contributed by atoms with Crippen LogP contribution < -0.4 is 11.4 Å². The summed E-state index contributed by atoms with van der Waals surface area (Å²) in [5.41, 5.74) is 8.39. The highest BCUT2D eigenvalue weighted by Crippen LogP contribution is 2.19. The lowest BCUT2D eigenvalue weighted by molar-refractivity contribution is 0.758. The molecule has 0 aliphatic rings. The Kier molecular flexibility index (Phi) is 4.34. The van der Waals surface area contributed by atoms with E-state index in [1.807, 2.05) is 60.7 Å². The van der Waals surface area contributed by atoms with Gasteiger partial charge in [-0.2, -0.15) is 4.98 Å². The van der Waals surface area contributed by atoms with Gasteiger partial charge in [-0.05, 0) is 28.8 Å². The third kappa shape index (κ3) is 3.74. The summed E-state index contributed by atoms with van der Waals surface area (Å²) < 4.78 is 1.55. The fourth-order valence-electron chi connectivity index (χ4n) is 2.37. The fourth-order valence-corrected chi connectivity index (χ4v) is 2.37. The summed E-state index contributed by atoms with van der Waals surface area (Å²) in [6, 6.07) is 21.7. The second-order valence-electron chi connectivity index (χ2n) is 5.21. The normalized spacial score (nSPS) is 11.4. The van der Waals surface area contributed by atoms with Crippen molar-refractivity contribution in [1.82, 2.24) is 9.55 Å². The minimum Gasteiger partial charge on any atom is -0.383 e. The molecule has 0 saturated carbocycles. The highest BCUT2D eigenvalue weighted by atomic mass is 16.1. The zero-order valence-electron chi connectivity index (χ0n) is 12.6. The molecule has 2 N–H and O–H groups in total. The molecular weight excluding hydrogens is 286 g/mol. The summed E-state index contributed by atoms with van der Waals surface area (Å²) in [5.74, 6) is 0.236. The number of hydrogen-bond donors (Lipinski definition) is 1. The average Bonchev–Trinajstić information content (AvgIpc) is 2.58. The van der Waals surface area contributed by atoms with Crippen LogP contribution in [0.5, 0.6) is 0 Å². The van der Waals surface area contributed by atoms with Crippen LogP contribution in [0.3, 0.4) is 0 Å². The second kappa shape index (κ2) is 6.75. The molecule has 1 heterocycles. The molecule has 23 heavy (non-hydrogen) atoms. The molecule has 0 spiro atoms. The number of benzene rings is 2. The molecule has 0 fully saturated rings.